The van der Waals surface area contributed by atoms with Crippen molar-refractivity contribution in [1.29, 1.82) is 0 Å². The zero-order chi connectivity index (χ0) is 14.1. The molecule has 6 heteroatoms. The lowest BCUT2D eigenvalue weighted by Gasteiger charge is -2.11. The SMILES string of the molecule is CN=C(NCCCn1nc(C)cc1C)NCCSC. The lowest BCUT2D eigenvalue weighted by atomic mass is 10.4. The highest BCUT2D eigenvalue weighted by Gasteiger charge is 2.01. The van der Waals surface area contributed by atoms with Crippen molar-refractivity contribution in [2.45, 2.75) is 26.8 Å². The summed E-state index contributed by atoms with van der Waals surface area (Å²) in [6.45, 7) is 6.90. The molecule has 2 N–H and O–H groups in total. The van der Waals surface area contributed by atoms with E-state index in [9.17, 15) is 0 Å². The Kier molecular flexibility index (Phi) is 7.40. The molecule has 0 saturated carbocycles. The minimum absolute atomic E-state index is 0.877. The third kappa shape index (κ3) is 6.00. The predicted molar refractivity (Wildman–Crippen MR) is 84.1 cm³/mol. The van der Waals surface area contributed by atoms with Crippen LogP contribution in [0.1, 0.15) is 17.8 Å². The van der Waals surface area contributed by atoms with Gasteiger partial charge in [-0.3, -0.25) is 9.67 Å². The Morgan fingerprint density at radius 2 is 2.11 bits per heavy atom. The van der Waals surface area contributed by atoms with Crippen LogP contribution >= 0.6 is 11.8 Å². The fraction of sp³-hybridized carbons (Fsp3) is 0.692. The largest absolute Gasteiger partial charge is 0.356 e. The van der Waals surface area contributed by atoms with Crippen molar-refractivity contribution in [3.63, 3.8) is 0 Å². The van der Waals surface area contributed by atoms with Crippen molar-refractivity contribution in [2.24, 2.45) is 4.99 Å². The quantitative estimate of drug-likeness (QED) is 0.451. The molecule has 0 radical (unpaired) electrons. The van der Waals surface area contributed by atoms with Crippen LogP contribution in [0.5, 0.6) is 0 Å². The maximum absolute atomic E-state index is 4.45. The Balaban J connectivity index is 2.20. The molecular weight excluding hydrogens is 258 g/mol. The molecule has 0 aliphatic heterocycles. The Labute approximate surface area is 120 Å². The van der Waals surface area contributed by atoms with E-state index >= 15 is 0 Å². The third-order valence-electron chi connectivity index (χ3n) is 2.76. The van der Waals surface area contributed by atoms with Crippen LogP contribution in [-0.4, -0.2) is 47.9 Å². The van der Waals surface area contributed by atoms with E-state index in [4.69, 9.17) is 0 Å². The van der Waals surface area contributed by atoms with Crippen LogP contribution in [0.3, 0.4) is 0 Å². The minimum Gasteiger partial charge on any atom is -0.356 e. The molecule has 0 aromatic carbocycles. The topological polar surface area (TPSA) is 54.2 Å². The van der Waals surface area contributed by atoms with Crippen molar-refractivity contribution >= 4 is 17.7 Å². The first-order valence-corrected chi connectivity index (χ1v) is 8.01. The molecule has 1 aromatic rings. The van der Waals surface area contributed by atoms with Crippen LogP contribution in [0.2, 0.25) is 0 Å². The van der Waals surface area contributed by atoms with E-state index in [1.807, 2.05) is 18.7 Å². The predicted octanol–water partition coefficient (Wildman–Crippen LogP) is 1.42. The maximum atomic E-state index is 4.45. The zero-order valence-electron chi connectivity index (χ0n) is 12.4. The molecule has 19 heavy (non-hydrogen) atoms. The molecule has 1 rings (SSSR count). The fourth-order valence-corrected chi connectivity index (χ4v) is 2.14. The first-order valence-electron chi connectivity index (χ1n) is 6.62. The van der Waals surface area contributed by atoms with Crippen molar-refractivity contribution in [1.82, 2.24) is 20.4 Å². The highest BCUT2D eigenvalue weighted by molar-refractivity contribution is 7.98. The standard InChI is InChI=1S/C13H25N5S/c1-11-10-12(2)18(17-11)8-5-6-15-13(14-3)16-7-9-19-4/h10H,5-9H2,1-4H3,(H2,14,15,16). The third-order valence-corrected chi connectivity index (χ3v) is 3.38. The zero-order valence-corrected chi connectivity index (χ0v) is 13.2. The number of guanidine groups is 1. The fourth-order valence-electron chi connectivity index (χ4n) is 1.83. The first-order chi connectivity index (χ1) is 9.17. The van der Waals surface area contributed by atoms with E-state index in [-0.39, 0.29) is 0 Å². The molecule has 0 unspecified atom stereocenters. The van der Waals surface area contributed by atoms with Gasteiger partial charge in [0, 0.05) is 38.1 Å². The summed E-state index contributed by atoms with van der Waals surface area (Å²) >= 11 is 1.83. The van der Waals surface area contributed by atoms with E-state index in [0.29, 0.717) is 0 Å². The average Bonchev–Trinajstić information content (AvgIpc) is 2.71. The number of hydrogen-bond acceptors (Lipinski definition) is 3. The molecular formula is C13H25N5S. The van der Waals surface area contributed by atoms with Gasteiger partial charge in [-0.15, -0.1) is 0 Å². The molecule has 0 atom stereocenters. The Morgan fingerprint density at radius 1 is 1.37 bits per heavy atom. The van der Waals surface area contributed by atoms with Gasteiger partial charge in [0.2, 0.25) is 0 Å². The van der Waals surface area contributed by atoms with Crippen molar-refractivity contribution in [3.8, 4) is 0 Å². The average molecular weight is 283 g/mol. The lowest BCUT2D eigenvalue weighted by molar-refractivity contribution is 0.555. The summed E-state index contributed by atoms with van der Waals surface area (Å²) < 4.78 is 2.06. The monoisotopic (exact) mass is 283 g/mol. The normalized spacial score (nSPS) is 11.7. The molecule has 108 valence electrons. The van der Waals surface area contributed by atoms with E-state index in [0.717, 1.165) is 43.5 Å². The molecule has 0 aliphatic carbocycles. The smallest absolute Gasteiger partial charge is 0.191 e. The van der Waals surface area contributed by atoms with Gasteiger partial charge in [-0.25, -0.2) is 0 Å². The van der Waals surface area contributed by atoms with Crippen LogP contribution in [0.4, 0.5) is 0 Å². The number of rotatable bonds is 7. The molecule has 0 bridgehead atoms. The minimum atomic E-state index is 0.877. The van der Waals surface area contributed by atoms with Crippen molar-refractivity contribution in [2.75, 3.05) is 32.1 Å². The van der Waals surface area contributed by atoms with Gasteiger partial charge < -0.3 is 10.6 Å². The summed E-state index contributed by atoms with van der Waals surface area (Å²) in [4.78, 5) is 4.19. The molecule has 0 fully saturated rings. The summed E-state index contributed by atoms with van der Waals surface area (Å²) in [7, 11) is 1.80. The van der Waals surface area contributed by atoms with Crippen LogP contribution in [0, 0.1) is 13.8 Å². The number of nitrogens with zero attached hydrogens (tertiary/aromatic N) is 3. The number of aliphatic imine (C=N–C) groups is 1. The Hall–Kier alpha value is -1.17. The van der Waals surface area contributed by atoms with Gasteiger partial charge >= 0.3 is 0 Å². The van der Waals surface area contributed by atoms with Gasteiger partial charge in [-0.05, 0) is 32.6 Å². The molecule has 0 saturated heterocycles. The number of hydrogen-bond donors (Lipinski definition) is 2. The van der Waals surface area contributed by atoms with Gasteiger partial charge in [0.15, 0.2) is 5.96 Å². The van der Waals surface area contributed by atoms with Crippen molar-refractivity contribution < 1.29 is 0 Å². The molecule has 1 heterocycles. The van der Waals surface area contributed by atoms with Crippen molar-refractivity contribution in [3.05, 3.63) is 17.5 Å². The van der Waals surface area contributed by atoms with E-state index in [1.165, 1.54) is 5.69 Å². The summed E-state index contributed by atoms with van der Waals surface area (Å²) in [6.07, 6.45) is 3.14. The Bertz CT molecular complexity index is 400. The summed E-state index contributed by atoms with van der Waals surface area (Å²) in [5.41, 5.74) is 2.31. The number of aryl methyl sites for hydroxylation is 3. The molecule has 5 nitrogen and oxygen atoms in total. The second kappa shape index (κ2) is 8.85. The second-order valence-corrected chi connectivity index (χ2v) is 5.41. The lowest BCUT2D eigenvalue weighted by Crippen LogP contribution is -2.39. The summed E-state index contributed by atoms with van der Waals surface area (Å²) in [5, 5.41) is 11.0. The summed E-state index contributed by atoms with van der Waals surface area (Å²) in [6, 6.07) is 2.11. The Morgan fingerprint density at radius 3 is 2.68 bits per heavy atom. The van der Waals surface area contributed by atoms with Gasteiger partial charge in [-0.1, -0.05) is 0 Å². The maximum Gasteiger partial charge on any atom is 0.191 e. The van der Waals surface area contributed by atoms with Crippen LogP contribution < -0.4 is 10.6 Å². The first kappa shape index (κ1) is 15.9. The van der Waals surface area contributed by atoms with Gasteiger partial charge in [-0.2, -0.15) is 16.9 Å². The van der Waals surface area contributed by atoms with Gasteiger partial charge in [0.05, 0.1) is 5.69 Å². The second-order valence-electron chi connectivity index (χ2n) is 4.42. The molecule has 0 aliphatic rings. The molecule has 1 aromatic heterocycles. The highest BCUT2D eigenvalue weighted by Crippen LogP contribution is 2.02. The van der Waals surface area contributed by atoms with E-state index < -0.39 is 0 Å². The van der Waals surface area contributed by atoms with Gasteiger partial charge in [0.25, 0.3) is 0 Å². The van der Waals surface area contributed by atoms with E-state index in [1.54, 1.807) is 7.05 Å². The number of aromatic nitrogens is 2. The number of nitrogens with one attached hydrogen (secondary N) is 2. The number of thioether (sulfide) groups is 1. The molecule has 0 amide bonds. The highest BCUT2D eigenvalue weighted by atomic mass is 32.2. The summed E-state index contributed by atoms with van der Waals surface area (Å²) in [5.74, 6) is 1.97. The molecule has 0 spiro atoms. The van der Waals surface area contributed by atoms with Crippen LogP contribution in [0.15, 0.2) is 11.1 Å². The van der Waals surface area contributed by atoms with E-state index in [2.05, 4.69) is 44.7 Å². The van der Waals surface area contributed by atoms with Crippen LogP contribution in [0.25, 0.3) is 0 Å². The van der Waals surface area contributed by atoms with Crippen LogP contribution in [-0.2, 0) is 6.54 Å². The van der Waals surface area contributed by atoms with Gasteiger partial charge in [0.1, 0.15) is 0 Å².